The number of thioether (sulfide) groups is 1. The molecule has 0 aliphatic heterocycles. The van der Waals surface area contributed by atoms with Crippen LogP contribution in [0.2, 0.25) is 0 Å². The molecule has 0 fully saturated rings. The number of benzene rings is 1. The minimum atomic E-state index is 0.529. The first-order chi connectivity index (χ1) is 10.8. The summed E-state index contributed by atoms with van der Waals surface area (Å²) < 4.78 is 5.22. The largest absolute Gasteiger partial charge is 0.497 e. The minimum Gasteiger partial charge on any atom is -0.497 e. The smallest absolute Gasteiger partial charge is 0.247 e. The van der Waals surface area contributed by atoms with Gasteiger partial charge in [0.2, 0.25) is 5.95 Å². The zero-order chi connectivity index (χ0) is 15.2. The van der Waals surface area contributed by atoms with E-state index in [0.717, 1.165) is 22.3 Å². The standard InChI is InChI=1S/C15H15N5OS/c1-21-13-6-2-4-11(8-13)10-22-15-18-14(19-20-15)17-12-5-3-7-16-9-12/h2-9H,10H2,1H3,(H2,17,18,19,20). The summed E-state index contributed by atoms with van der Waals surface area (Å²) in [6, 6.07) is 11.7. The Balaban J connectivity index is 1.59. The molecule has 0 amide bonds. The lowest BCUT2D eigenvalue weighted by molar-refractivity contribution is 0.414. The number of aromatic amines is 1. The molecule has 2 aromatic heterocycles. The molecule has 112 valence electrons. The van der Waals surface area contributed by atoms with Crippen LogP contribution in [0.15, 0.2) is 53.9 Å². The molecular formula is C15H15N5OS. The van der Waals surface area contributed by atoms with Crippen molar-refractivity contribution < 1.29 is 4.74 Å². The van der Waals surface area contributed by atoms with Crippen molar-refractivity contribution in [3.05, 3.63) is 54.4 Å². The van der Waals surface area contributed by atoms with Crippen LogP contribution >= 0.6 is 11.8 Å². The first-order valence-corrected chi connectivity index (χ1v) is 7.67. The summed E-state index contributed by atoms with van der Waals surface area (Å²) in [5, 5.41) is 10.9. The van der Waals surface area contributed by atoms with Crippen LogP contribution in [0.1, 0.15) is 5.56 Å². The number of hydrogen-bond donors (Lipinski definition) is 2. The number of ether oxygens (including phenoxy) is 1. The Hall–Kier alpha value is -2.54. The molecule has 22 heavy (non-hydrogen) atoms. The molecule has 0 radical (unpaired) electrons. The van der Waals surface area contributed by atoms with Crippen LogP contribution in [0.4, 0.5) is 11.6 Å². The van der Waals surface area contributed by atoms with E-state index in [1.54, 1.807) is 31.3 Å². The molecule has 0 aliphatic carbocycles. The molecule has 0 spiro atoms. The minimum absolute atomic E-state index is 0.529. The van der Waals surface area contributed by atoms with Crippen LogP contribution in [0.3, 0.4) is 0 Å². The number of anilines is 2. The van der Waals surface area contributed by atoms with Gasteiger partial charge in [0.05, 0.1) is 19.0 Å². The number of hydrogen-bond acceptors (Lipinski definition) is 6. The first kappa shape index (κ1) is 14.4. The fraction of sp³-hybridized carbons (Fsp3) is 0.133. The Morgan fingerprint density at radius 1 is 1.27 bits per heavy atom. The van der Waals surface area contributed by atoms with E-state index in [2.05, 4.69) is 31.5 Å². The number of rotatable bonds is 6. The molecule has 3 rings (SSSR count). The lowest BCUT2D eigenvalue weighted by Gasteiger charge is -2.02. The van der Waals surface area contributed by atoms with Crippen molar-refractivity contribution in [1.82, 2.24) is 20.2 Å². The van der Waals surface area contributed by atoms with Crippen LogP contribution in [0, 0.1) is 0 Å². The van der Waals surface area contributed by atoms with Gasteiger partial charge in [0.15, 0.2) is 5.16 Å². The Labute approximate surface area is 132 Å². The van der Waals surface area contributed by atoms with Crippen molar-refractivity contribution in [3.63, 3.8) is 0 Å². The van der Waals surface area contributed by atoms with Gasteiger partial charge in [-0.1, -0.05) is 23.9 Å². The maximum Gasteiger partial charge on any atom is 0.247 e. The van der Waals surface area contributed by atoms with Gasteiger partial charge < -0.3 is 10.1 Å². The number of methoxy groups -OCH3 is 1. The molecule has 0 atom stereocenters. The third-order valence-electron chi connectivity index (χ3n) is 2.89. The van der Waals surface area contributed by atoms with E-state index in [0.29, 0.717) is 5.95 Å². The molecule has 0 saturated carbocycles. The van der Waals surface area contributed by atoms with E-state index < -0.39 is 0 Å². The fourth-order valence-corrected chi connectivity index (χ4v) is 2.59. The predicted octanol–water partition coefficient (Wildman–Crippen LogP) is 3.24. The van der Waals surface area contributed by atoms with Crippen molar-refractivity contribution in [2.75, 3.05) is 12.4 Å². The van der Waals surface area contributed by atoms with Gasteiger partial charge in [-0.15, -0.1) is 5.10 Å². The lowest BCUT2D eigenvalue weighted by Crippen LogP contribution is -1.92. The first-order valence-electron chi connectivity index (χ1n) is 6.68. The highest BCUT2D eigenvalue weighted by atomic mass is 32.2. The highest BCUT2D eigenvalue weighted by Gasteiger charge is 2.05. The summed E-state index contributed by atoms with van der Waals surface area (Å²) >= 11 is 1.58. The summed E-state index contributed by atoms with van der Waals surface area (Å²) in [7, 11) is 1.67. The van der Waals surface area contributed by atoms with Crippen LogP contribution in [-0.4, -0.2) is 27.3 Å². The molecule has 0 aliphatic rings. The average molecular weight is 313 g/mol. The van der Waals surface area contributed by atoms with Crippen molar-refractivity contribution in [3.8, 4) is 5.75 Å². The Morgan fingerprint density at radius 2 is 2.23 bits per heavy atom. The number of nitrogens with one attached hydrogen (secondary N) is 2. The molecule has 7 heteroatoms. The molecule has 6 nitrogen and oxygen atoms in total. The fourth-order valence-electron chi connectivity index (χ4n) is 1.85. The third-order valence-corrected chi connectivity index (χ3v) is 3.83. The van der Waals surface area contributed by atoms with Crippen LogP contribution in [-0.2, 0) is 5.75 Å². The van der Waals surface area contributed by atoms with Crippen molar-refractivity contribution in [1.29, 1.82) is 0 Å². The summed E-state index contributed by atoms with van der Waals surface area (Å²) in [6.45, 7) is 0. The maximum absolute atomic E-state index is 5.22. The SMILES string of the molecule is COc1cccc(CSc2nc(Nc3cccnc3)n[nH]2)c1. The zero-order valence-corrected chi connectivity index (χ0v) is 12.8. The topological polar surface area (TPSA) is 75.7 Å². The molecule has 0 saturated heterocycles. The second-order valence-electron chi connectivity index (χ2n) is 4.47. The van der Waals surface area contributed by atoms with E-state index in [9.17, 15) is 0 Å². The van der Waals surface area contributed by atoms with Crippen molar-refractivity contribution >= 4 is 23.4 Å². The van der Waals surface area contributed by atoms with Gasteiger partial charge in [0.25, 0.3) is 0 Å². The van der Waals surface area contributed by atoms with Crippen LogP contribution < -0.4 is 10.1 Å². The molecular weight excluding hydrogens is 298 g/mol. The number of aromatic nitrogens is 4. The highest BCUT2D eigenvalue weighted by molar-refractivity contribution is 7.98. The normalized spacial score (nSPS) is 10.4. The summed E-state index contributed by atoms with van der Waals surface area (Å²) in [5.74, 6) is 2.18. The Morgan fingerprint density at radius 3 is 3.05 bits per heavy atom. The molecule has 2 heterocycles. The van der Waals surface area contributed by atoms with Gasteiger partial charge in [-0.05, 0) is 29.8 Å². The van der Waals surface area contributed by atoms with Gasteiger partial charge in [0.1, 0.15) is 5.75 Å². The molecule has 1 aromatic carbocycles. The molecule has 0 bridgehead atoms. The summed E-state index contributed by atoms with van der Waals surface area (Å²) in [6.07, 6.45) is 3.44. The molecule has 0 unspecified atom stereocenters. The van der Waals surface area contributed by atoms with Crippen LogP contribution in [0.25, 0.3) is 0 Å². The Bertz CT molecular complexity index is 732. The number of pyridine rings is 1. The monoisotopic (exact) mass is 313 g/mol. The molecule has 3 aromatic rings. The van der Waals surface area contributed by atoms with E-state index in [4.69, 9.17) is 4.74 Å². The van der Waals surface area contributed by atoms with Gasteiger partial charge in [-0.3, -0.25) is 10.1 Å². The van der Waals surface area contributed by atoms with E-state index in [1.807, 2.05) is 30.3 Å². The second-order valence-corrected chi connectivity index (χ2v) is 5.44. The zero-order valence-electron chi connectivity index (χ0n) is 12.0. The van der Waals surface area contributed by atoms with Gasteiger partial charge in [0, 0.05) is 11.9 Å². The molecule has 2 N–H and O–H groups in total. The van der Waals surface area contributed by atoms with Crippen LogP contribution in [0.5, 0.6) is 5.75 Å². The number of nitrogens with zero attached hydrogens (tertiary/aromatic N) is 3. The van der Waals surface area contributed by atoms with Gasteiger partial charge >= 0.3 is 0 Å². The van der Waals surface area contributed by atoms with E-state index >= 15 is 0 Å². The Kier molecular flexibility index (Phi) is 4.55. The lowest BCUT2D eigenvalue weighted by atomic mass is 10.2. The average Bonchev–Trinajstić information content (AvgIpc) is 3.01. The highest BCUT2D eigenvalue weighted by Crippen LogP contribution is 2.23. The third kappa shape index (κ3) is 3.76. The predicted molar refractivity (Wildman–Crippen MR) is 86.5 cm³/mol. The van der Waals surface area contributed by atoms with Crippen molar-refractivity contribution in [2.24, 2.45) is 0 Å². The number of H-pyrrole nitrogens is 1. The maximum atomic E-state index is 5.22. The van der Waals surface area contributed by atoms with E-state index in [-0.39, 0.29) is 0 Å². The summed E-state index contributed by atoms with van der Waals surface area (Å²) in [5.41, 5.74) is 2.02. The van der Waals surface area contributed by atoms with Crippen molar-refractivity contribution in [2.45, 2.75) is 10.9 Å². The van der Waals surface area contributed by atoms with E-state index in [1.165, 1.54) is 5.56 Å². The quantitative estimate of drug-likeness (QED) is 0.680. The van der Waals surface area contributed by atoms with Gasteiger partial charge in [-0.2, -0.15) is 4.98 Å². The second kappa shape index (κ2) is 6.95. The summed E-state index contributed by atoms with van der Waals surface area (Å²) in [4.78, 5) is 8.42. The van der Waals surface area contributed by atoms with Gasteiger partial charge in [-0.25, -0.2) is 0 Å².